The van der Waals surface area contributed by atoms with Gasteiger partial charge in [-0.3, -0.25) is 9.59 Å². The molecule has 0 saturated carbocycles. The van der Waals surface area contributed by atoms with Crippen molar-refractivity contribution in [2.75, 3.05) is 14.2 Å². The lowest BCUT2D eigenvalue weighted by molar-refractivity contribution is 0.0771. The molecule has 0 fully saturated rings. The molecular weight excluding hydrogens is 342 g/mol. The molecule has 1 amide bonds. The number of hydrogen-bond acceptors (Lipinski definition) is 4. The molecule has 0 spiro atoms. The van der Waals surface area contributed by atoms with Gasteiger partial charge in [-0.05, 0) is 35.9 Å². The molecule has 0 aliphatic carbocycles. The van der Waals surface area contributed by atoms with Crippen LogP contribution in [0, 0.1) is 0 Å². The molecule has 4 rings (SSSR count). The van der Waals surface area contributed by atoms with Gasteiger partial charge in [0.05, 0.1) is 24.1 Å². The number of carbonyl (C=O) groups is 1. The number of benzene rings is 2. The molecule has 3 aromatic rings. The minimum Gasteiger partial charge on any atom is -0.497 e. The summed E-state index contributed by atoms with van der Waals surface area (Å²) in [6.45, 7) is 0. The second-order valence-electron chi connectivity index (χ2n) is 5.91. The summed E-state index contributed by atoms with van der Waals surface area (Å²) in [6.07, 6.45) is 0. The van der Waals surface area contributed by atoms with Crippen molar-refractivity contribution < 1.29 is 13.9 Å². The lowest BCUT2D eigenvalue weighted by Gasteiger charge is -2.20. The predicted molar refractivity (Wildman–Crippen MR) is 94.4 cm³/mol. The molecule has 0 radical (unpaired) electrons. The average Bonchev–Trinajstić information content (AvgIpc) is 2.87. The van der Waals surface area contributed by atoms with Crippen molar-refractivity contribution in [2.45, 2.75) is 6.04 Å². The van der Waals surface area contributed by atoms with Crippen molar-refractivity contribution in [3.63, 3.8) is 0 Å². The summed E-state index contributed by atoms with van der Waals surface area (Å²) in [5.41, 5.74) is 1.21. The zero-order valence-corrected chi connectivity index (χ0v) is 14.3. The van der Waals surface area contributed by atoms with E-state index in [9.17, 15) is 9.59 Å². The highest BCUT2D eigenvalue weighted by molar-refractivity contribution is 6.31. The topological polar surface area (TPSA) is 59.8 Å². The van der Waals surface area contributed by atoms with E-state index in [1.165, 1.54) is 4.90 Å². The normalized spacial score (nSPS) is 16.4. The summed E-state index contributed by atoms with van der Waals surface area (Å²) in [5, 5.41) is 0.803. The minimum absolute atomic E-state index is 0.0788. The lowest BCUT2D eigenvalue weighted by Crippen LogP contribution is -2.25. The summed E-state index contributed by atoms with van der Waals surface area (Å²) >= 11 is 6.02. The smallest absolute Gasteiger partial charge is 0.290 e. The number of nitrogens with zero attached hydrogens (tertiary/aromatic N) is 1. The van der Waals surface area contributed by atoms with Gasteiger partial charge in [0.2, 0.25) is 5.76 Å². The fourth-order valence-electron chi connectivity index (χ4n) is 3.26. The Hall–Kier alpha value is -2.79. The van der Waals surface area contributed by atoms with Crippen LogP contribution in [0.5, 0.6) is 5.75 Å². The van der Waals surface area contributed by atoms with Crippen LogP contribution in [-0.4, -0.2) is 25.0 Å². The number of rotatable bonds is 2. The number of ether oxygens (including phenoxy) is 1. The van der Waals surface area contributed by atoms with Gasteiger partial charge < -0.3 is 14.1 Å². The first-order chi connectivity index (χ1) is 12.0. The molecule has 1 aromatic heterocycles. The summed E-state index contributed by atoms with van der Waals surface area (Å²) < 4.78 is 11.0. The van der Waals surface area contributed by atoms with Crippen LogP contribution in [0.4, 0.5) is 0 Å². The van der Waals surface area contributed by atoms with Gasteiger partial charge >= 0.3 is 0 Å². The van der Waals surface area contributed by atoms with E-state index in [-0.39, 0.29) is 17.1 Å². The molecule has 0 saturated heterocycles. The Balaban J connectivity index is 2.01. The van der Waals surface area contributed by atoms with E-state index in [1.807, 2.05) is 24.3 Å². The van der Waals surface area contributed by atoms with Crippen LogP contribution >= 0.6 is 11.6 Å². The molecule has 6 heteroatoms. The third-order valence-corrected chi connectivity index (χ3v) is 4.71. The van der Waals surface area contributed by atoms with E-state index in [2.05, 4.69) is 0 Å². The molecule has 25 heavy (non-hydrogen) atoms. The highest BCUT2D eigenvalue weighted by Crippen LogP contribution is 2.38. The van der Waals surface area contributed by atoms with Gasteiger partial charge in [0.25, 0.3) is 5.91 Å². The number of methoxy groups -OCH3 is 1. The van der Waals surface area contributed by atoms with Crippen molar-refractivity contribution >= 4 is 28.5 Å². The fraction of sp³-hybridized carbons (Fsp3) is 0.158. The van der Waals surface area contributed by atoms with Gasteiger partial charge in [-0.1, -0.05) is 23.7 Å². The summed E-state index contributed by atoms with van der Waals surface area (Å²) in [7, 11) is 3.22. The van der Waals surface area contributed by atoms with Crippen LogP contribution in [0.1, 0.15) is 27.7 Å². The van der Waals surface area contributed by atoms with E-state index in [0.717, 1.165) is 5.56 Å². The second kappa shape index (κ2) is 5.63. The van der Waals surface area contributed by atoms with E-state index < -0.39 is 6.04 Å². The molecule has 1 atom stereocenters. The van der Waals surface area contributed by atoms with E-state index in [0.29, 0.717) is 27.3 Å². The molecule has 2 heterocycles. The van der Waals surface area contributed by atoms with E-state index in [1.54, 1.807) is 32.4 Å². The first kappa shape index (κ1) is 15.7. The maximum atomic E-state index is 13.1. The lowest BCUT2D eigenvalue weighted by atomic mass is 9.98. The Kier molecular flexibility index (Phi) is 3.54. The van der Waals surface area contributed by atoms with Crippen LogP contribution in [0.25, 0.3) is 11.0 Å². The van der Waals surface area contributed by atoms with Crippen molar-refractivity contribution in [1.29, 1.82) is 0 Å². The number of halogens is 1. The maximum absolute atomic E-state index is 13.1. The zero-order valence-electron chi connectivity index (χ0n) is 13.6. The van der Waals surface area contributed by atoms with Gasteiger partial charge in [0.1, 0.15) is 11.3 Å². The SMILES string of the molecule is COc1cccc([C@@H]2c3c(oc4ccc(Cl)cc4c3=O)C(=O)N2C)c1. The molecule has 0 bridgehead atoms. The monoisotopic (exact) mass is 355 g/mol. The molecule has 1 aliphatic heterocycles. The van der Waals surface area contributed by atoms with Gasteiger partial charge in [-0.25, -0.2) is 0 Å². The van der Waals surface area contributed by atoms with Crippen LogP contribution in [-0.2, 0) is 0 Å². The third kappa shape index (κ3) is 2.31. The van der Waals surface area contributed by atoms with Gasteiger partial charge in [0, 0.05) is 12.1 Å². The largest absolute Gasteiger partial charge is 0.497 e. The molecule has 5 nitrogen and oxygen atoms in total. The first-order valence-electron chi connectivity index (χ1n) is 7.68. The third-order valence-electron chi connectivity index (χ3n) is 4.47. The van der Waals surface area contributed by atoms with Crippen LogP contribution in [0.2, 0.25) is 5.02 Å². The minimum atomic E-state index is -0.530. The van der Waals surface area contributed by atoms with Gasteiger partial charge in [0.15, 0.2) is 5.43 Å². The highest BCUT2D eigenvalue weighted by atomic mass is 35.5. The molecule has 126 valence electrons. The summed E-state index contributed by atoms with van der Waals surface area (Å²) in [4.78, 5) is 27.2. The predicted octanol–water partition coefficient (Wildman–Crippen LogP) is 3.63. The Bertz CT molecular complexity index is 1070. The zero-order chi connectivity index (χ0) is 17.7. The Labute approximate surface area is 148 Å². The first-order valence-corrected chi connectivity index (χ1v) is 8.06. The Morgan fingerprint density at radius 1 is 1.16 bits per heavy atom. The summed E-state index contributed by atoms with van der Waals surface area (Å²) in [5.74, 6) is 0.409. The molecular formula is C19H14ClNO4. The molecule has 2 aromatic carbocycles. The molecule has 0 unspecified atom stereocenters. The van der Waals surface area contributed by atoms with Crippen LogP contribution < -0.4 is 10.2 Å². The average molecular weight is 356 g/mol. The highest BCUT2D eigenvalue weighted by Gasteiger charge is 2.40. The van der Waals surface area contributed by atoms with E-state index >= 15 is 0 Å². The van der Waals surface area contributed by atoms with Gasteiger partial charge in [-0.2, -0.15) is 0 Å². The van der Waals surface area contributed by atoms with Crippen molar-refractivity contribution in [3.05, 3.63) is 74.6 Å². The summed E-state index contributed by atoms with van der Waals surface area (Å²) in [6, 6.07) is 11.6. The molecule has 0 N–H and O–H groups in total. The number of hydrogen-bond donors (Lipinski definition) is 0. The maximum Gasteiger partial charge on any atom is 0.290 e. The molecule has 1 aliphatic rings. The van der Waals surface area contributed by atoms with Gasteiger partial charge in [-0.15, -0.1) is 0 Å². The van der Waals surface area contributed by atoms with Crippen LogP contribution in [0.3, 0.4) is 0 Å². The number of fused-ring (bicyclic) bond motifs is 2. The van der Waals surface area contributed by atoms with Crippen molar-refractivity contribution in [2.24, 2.45) is 0 Å². The van der Waals surface area contributed by atoms with Crippen LogP contribution in [0.15, 0.2) is 51.7 Å². The Morgan fingerprint density at radius 2 is 1.96 bits per heavy atom. The number of amides is 1. The van der Waals surface area contributed by atoms with Crippen molar-refractivity contribution in [1.82, 2.24) is 4.90 Å². The quantitative estimate of drug-likeness (QED) is 0.704. The standard InChI is InChI=1S/C19H14ClNO4/c1-21-16(10-4-3-5-12(8-10)24-2)15-17(22)13-9-11(20)6-7-14(13)25-18(15)19(21)23/h3-9,16H,1-2H3/t16-/m1/s1. The number of carbonyl (C=O) groups excluding carboxylic acids is 1. The fourth-order valence-corrected chi connectivity index (χ4v) is 3.43. The van der Waals surface area contributed by atoms with E-state index in [4.69, 9.17) is 20.8 Å². The Morgan fingerprint density at radius 3 is 2.72 bits per heavy atom. The van der Waals surface area contributed by atoms with Crippen molar-refractivity contribution in [3.8, 4) is 5.75 Å². The second-order valence-corrected chi connectivity index (χ2v) is 6.35.